The summed E-state index contributed by atoms with van der Waals surface area (Å²) in [5.41, 5.74) is 0. The maximum atomic E-state index is 12.1. The molecule has 0 unspecified atom stereocenters. The standard InChI is InChI=1S/C14H27N3O3S/c15-21(19,20)17-11-9-16(10-12-17)14(18)8-4-7-13-5-2-1-3-6-13/h13H,1-12H2,(H2,15,19,20). The van der Waals surface area contributed by atoms with Gasteiger partial charge in [-0.05, 0) is 18.8 Å². The number of amides is 1. The highest BCUT2D eigenvalue weighted by Crippen LogP contribution is 2.27. The van der Waals surface area contributed by atoms with Crippen LogP contribution in [0, 0.1) is 5.92 Å². The average molecular weight is 317 g/mol. The van der Waals surface area contributed by atoms with Gasteiger partial charge in [-0.1, -0.05) is 32.1 Å². The van der Waals surface area contributed by atoms with Crippen molar-refractivity contribution in [2.75, 3.05) is 26.2 Å². The summed E-state index contributed by atoms with van der Waals surface area (Å²) < 4.78 is 23.7. The van der Waals surface area contributed by atoms with Crippen LogP contribution in [0.2, 0.25) is 0 Å². The fourth-order valence-electron chi connectivity index (χ4n) is 3.37. The average Bonchev–Trinajstić information content (AvgIpc) is 2.47. The van der Waals surface area contributed by atoms with Crippen LogP contribution < -0.4 is 5.14 Å². The lowest BCUT2D eigenvalue weighted by molar-refractivity contribution is -0.132. The lowest BCUT2D eigenvalue weighted by Crippen LogP contribution is -2.52. The Balaban J connectivity index is 1.65. The van der Waals surface area contributed by atoms with E-state index in [4.69, 9.17) is 5.14 Å². The van der Waals surface area contributed by atoms with Crippen molar-refractivity contribution in [3.05, 3.63) is 0 Å². The number of nitrogens with two attached hydrogens (primary N) is 1. The molecule has 1 heterocycles. The number of hydrogen-bond acceptors (Lipinski definition) is 3. The van der Waals surface area contributed by atoms with Gasteiger partial charge in [0.1, 0.15) is 0 Å². The number of piperazine rings is 1. The van der Waals surface area contributed by atoms with Gasteiger partial charge in [0.05, 0.1) is 0 Å². The van der Waals surface area contributed by atoms with E-state index in [-0.39, 0.29) is 5.91 Å². The molecule has 1 saturated heterocycles. The zero-order chi connectivity index (χ0) is 15.3. The third-order valence-electron chi connectivity index (χ3n) is 4.68. The summed E-state index contributed by atoms with van der Waals surface area (Å²) in [6, 6.07) is 0. The summed E-state index contributed by atoms with van der Waals surface area (Å²) in [4.78, 5) is 13.9. The monoisotopic (exact) mass is 317 g/mol. The van der Waals surface area contributed by atoms with E-state index in [1.165, 1.54) is 36.4 Å². The lowest BCUT2D eigenvalue weighted by Gasteiger charge is -2.33. The number of rotatable bonds is 5. The van der Waals surface area contributed by atoms with E-state index in [9.17, 15) is 13.2 Å². The minimum absolute atomic E-state index is 0.153. The van der Waals surface area contributed by atoms with Crippen LogP contribution in [0.4, 0.5) is 0 Å². The normalized spacial score (nSPS) is 22.4. The zero-order valence-electron chi connectivity index (χ0n) is 12.7. The highest BCUT2D eigenvalue weighted by molar-refractivity contribution is 7.86. The fraction of sp³-hybridized carbons (Fsp3) is 0.929. The Morgan fingerprint density at radius 1 is 1.05 bits per heavy atom. The Hall–Kier alpha value is -0.660. The molecule has 7 heteroatoms. The minimum Gasteiger partial charge on any atom is -0.340 e. The van der Waals surface area contributed by atoms with Gasteiger partial charge in [-0.3, -0.25) is 4.79 Å². The molecule has 0 aromatic heterocycles. The first kappa shape index (κ1) is 16.7. The van der Waals surface area contributed by atoms with Gasteiger partial charge in [0, 0.05) is 32.6 Å². The maximum Gasteiger partial charge on any atom is 0.277 e. The second-order valence-corrected chi connectivity index (χ2v) is 7.77. The van der Waals surface area contributed by atoms with Gasteiger partial charge < -0.3 is 4.90 Å². The molecule has 2 rings (SSSR count). The molecule has 1 aliphatic heterocycles. The van der Waals surface area contributed by atoms with Crippen molar-refractivity contribution in [3.63, 3.8) is 0 Å². The molecule has 1 amide bonds. The molecule has 0 radical (unpaired) electrons. The molecular weight excluding hydrogens is 290 g/mol. The van der Waals surface area contributed by atoms with Crippen LogP contribution >= 0.6 is 0 Å². The molecule has 6 nitrogen and oxygen atoms in total. The predicted octanol–water partition coefficient (Wildman–Crippen LogP) is 1.08. The van der Waals surface area contributed by atoms with Gasteiger partial charge >= 0.3 is 0 Å². The summed E-state index contributed by atoms with van der Waals surface area (Å²) in [6.45, 7) is 1.54. The Morgan fingerprint density at radius 3 is 2.24 bits per heavy atom. The van der Waals surface area contributed by atoms with Crippen LogP contribution in [0.3, 0.4) is 0 Å². The number of hydrogen-bond donors (Lipinski definition) is 1. The molecule has 0 bridgehead atoms. The molecule has 0 aromatic rings. The largest absolute Gasteiger partial charge is 0.340 e. The van der Waals surface area contributed by atoms with Crippen molar-refractivity contribution in [3.8, 4) is 0 Å². The van der Waals surface area contributed by atoms with Gasteiger partial charge in [-0.2, -0.15) is 12.7 Å². The molecule has 2 aliphatic rings. The summed E-state index contributed by atoms with van der Waals surface area (Å²) >= 11 is 0. The molecule has 0 spiro atoms. The molecule has 21 heavy (non-hydrogen) atoms. The predicted molar refractivity (Wildman–Crippen MR) is 81.7 cm³/mol. The Labute approximate surface area is 127 Å². The van der Waals surface area contributed by atoms with Crippen molar-refractivity contribution >= 4 is 16.1 Å². The van der Waals surface area contributed by atoms with E-state index in [1.54, 1.807) is 4.90 Å². The van der Waals surface area contributed by atoms with E-state index in [2.05, 4.69) is 0 Å². The van der Waals surface area contributed by atoms with Crippen LogP contribution in [0.15, 0.2) is 0 Å². The minimum atomic E-state index is -3.61. The highest BCUT2D eigenvalue weighted by Gasteiger charge is 2.26. The molecule has 2 N–H and O–H groups in total. The van der Waals surface area contributed by atoms with Crippen LogP contribution in [-0.2, 0) is 15.0 Å². The van der Waals surface area contributed by atoms with Crippen molar-refractivity contribution < 1.29 is 13.2 Å². The lowest BCUT2D eigenvalue weighted by atomic mass is 9.86. The SMILES string of the molecule is NS(=O)(=O)N1CCN(C(=O)CCCC2CCCCC2)CC1. The molecule has 1 aliphatic carbocycles. The van der Waals surface area contributed by atoms with Crippen LogP contribution in [-0.4, -0.2) is 49.7 Å². The summed E-state index contributed by atoms with van der Waals surface area (Å²) in [6.07, 6.45) is 9.39. The van der Waals surface area contributed by atoms with Gasteiger partial charge in [0.25, 0.3) is 10.2 Å². The summed E-state index contributed by atoms with van der Waals surface area (Å²) in [7, 11) is -3.61. The second-order valence-electron chi connectivity index (χ2n) is 6.22. The van der Waals surface area contributed by atoms with E-state index < -0.39 is 10.2 Å². The quantitative estimate of drug-likeness (QED) is 0.823. The third kappa shape index (κ3) is 5.23. The van der Waals surface area contributed by atoms with Gasteiger partial charge in [0.15, 0.2) is 0 Å². The van der Waals surface area contributed by atoms with Crippen molar-refractivity contribution in [1.82, 2.24) is 9.21 Å². The van der Waals surface area contributed by atoms with Gasteiger partial charge in [0.2, 0.25) is 5.91 Å². The first-order valence-electron chi connectivity index (χ1n) is 8.02. The second kappa shape index (κ2) is 7.56. The van der Waals surface area contributed by atoms with Crippen LogP contribution in [0.25, 0.3) is 0 Å². The highest BCUT2D eigenvalue weighted by atomic mass is 32.2. The first-order valence-corrected chi connectivity index (χ1v) is 9.53. The van der Waals surface area contributed by atoms with E-state index in [0.717, 1.165) is 18.8 Å². The zero-order valence-corrected chi connectivity index (χ0v) is 13.5. The summed E-state index contributed by atoms with van der Waals surface area (Å²) in [5, 5.41) is 5.09. The van der Waals surface area contributed by atoms with Gasteiger partial charge in [-0.25, -0.2) is 5.14 Å². The van der Waals surface area contributed by atoms with E-state index in [0.29, 0.717) is 32.6 Å². The molecule has 122 valence electrons. The number of nitrogens with zero attached hydrogens (tertiary/aromatic N) is 2. The van der Waals surface area contributed by atoms with Crippen molar-refractivity contribution in [1.29, 1.82) is 0 Å². The maximum absolute atomic E-state index is 12.1. The Kier molecular flexibility index (Phi) is 6.01. The van der Waals surface area contributed by atoms with Crippen molar-refractivity contribution in [2.24, 2.45) is 11.1 Å². The smallest absolute Gasteiger partial charge is 0.277 e. The third-order valence-corrected chi connectivity index (χ3v) is 5.76. The van der Waals surface area contributed by atoms with Crippen molar-refractivity contribution in [2.45, 2.75) is 51.4 Å². The van der Waals surface area contributed by atoms with Gasteiger partial charge in [-0.15, -0.1) is 0 Å². The van der Waals surface area contributed by atoms with E-state index >= 15 is 0 Å². The van der Waals surface area contributed by atoms with Crippen LogP contribution in [0.5, 0.6) is 0 Å². The molecule has 1 saturated carbocycles. The molecular formula is C14H27N3O3S. The van der Waals surface area contributed by atoms with E-state index in [1.807, 2.05) is 0 Å². The Bertz CT molecular complexity index is 438. The topological polar surface area (TPSA) is 83.7 Å². The molecule has 0 aromatic carbocycles. The first-order chi connectivity index (χ1) is 9.97. The number of carbonyl (C=O) groups is 1. The summed E-state index contributed by atoms with van der Waals surface area (Å²) in [5.74, 6) is 0.964. The van der Waals surface area contributed by atoms with Crippen LogP contribution in [0.1, 0.15) is 51.4 Å². The molecule has 0 atom stereocenters. The Morgan fingerprint density at radius 2 is 1.67 bits per heavy atom. The molecule has 2 fully saturated rings. The number of carbonyl (C=O) groups excluding carboxylic acids is 1. The fourth-order valence-corrected chi connectivity index (χ4v) is 4.04.